The Kier molecular flexibility index (Phi) is 9.68. The van der Waals surface area contributed by atoms with Crippen LogP contribution in [0.15, 0.2) is 17.1 Å². The number of morpholine rings is 1. The minimum absolute atomic E-state index is 0.337. The minimum atomic E-state index is 0.337. The van der Waals surface area contributed by atoms with E-state index in [2.05, 4.69) is 47.8 Å². The summed E-state index contributed by atoms with van der Waals surface area (Å²) < 4.78 is 5.53. The standard InChI is InChI=1S/C18H32N4OS2/c1-4-19-18(20-8-5-13-24-3)21-14-16(17-7-6-15(2)25-17)22-9-11-23-12-10-22/h6-7,16H,4-5,8-14H2,1-3H3,(H2,19,20,21). The second-order valence-electron chi connectivity index (χ2n) is 6.11. The Labute approximate surface area is 160 Å². The van der Waals surface area contributed by atoms with Crippen LogP contribution < -0.4 is 10.6 Å². The molecule has 1 atom stereocenters. The quantitative estimate of drug-likeness (QED) is 0.389. The maximum Gasteiger partial charge on any atom is 0.191 e. The first kappa shape index (κ1) is 20.6. The number of aliphatic imine (C=N–C) groups is 1. The second-order valence-corrected chi connectivity index (χ2v) is 8.41. The number of hydrogen-bond acceptors (Lipinski definition) is 5. The normalized spacial score (nSPS) is 17.5. The molecule has 0 aromatic carbocycles. The van der Waals surface area contributed by atoms with Gasteiger partial charge in [-0.1, -0.05) is 0 Å². The number of nitrogens with zero attached hydrogens (tertiary/aromatic N) is 2. The van der Waals surface area contributed by atoms with Gasteiger partial charge >= 0.3 is 0 Å². The molecule has 5 nitrogen and oxygen atoms in total. The SMILES string of the molecule is CCNC(=NCC(c1ccc(C)s1)N1CCOCC1)NCCCSC. The molecule has 2 heterocycles. The van der Waals surface area contributed by atoms with E-state index >= 15 is 0 Å². The molecule has 1 unspecified atom stereocenters. The van der Waals surface area contributed by atoms with Gasteiger partial charge < -0.3 is 15.4 Å². The summed E-state index contributed by atoms with van der Waals surface area (Å²) >= 11 is 3.77. The Morgan fingerprint density at radius 1 is 1.36 bits per heavy atom. The molecule has 1 aromatic heterocycles. The number of hydrogen-bond donors (Lipinski definition) is 2. The van der Waals surface area contributed by atoms with E-state index in [9.17, 15) is 0 Å². The van der Waals surface area contributed by atoms with Crippen LogP contribution in [0.3, 0.4) is 0 Å². The van der Waals surface area contributed by atoms with Crippen molar-refractivity contribution >= 4 is 29.1 Å². The lowest BCUT2D eigenvalue weighted by Crippen LogP contribution is -2.41. The van der Waals surface area contributed by atoms with Gasteiger partial charge in [-0.2, -0.15) is 11.8 Å². The molecule has 0 bridgehead atoms. The van der Waals surface area contributed by atoms with Crippen molar-refractivity contribution in [2.75, 3.05) is 57.9 Å². The highest BCUT2D eigenvalue weighted by Gasteiger charge is 2.23. The minimum Gasteiger partial charge on any atom is -0.379 e. The predicted octanol–water partition coefficient (Wildman–Crippen LogP) is 2.74. The fourth-order valence-corrected chi connectivity index (χ4v) is 4.29. The maximum absolute atomic E-state index is 5.53. The van der Waals surface area contributed by atoms with E-state index < -0.39 is 0 Å². The smallest absolute Gasteiger partial charge is 0.191 e. The molecule has 7 heteroatoms. The van der Waals surface area contributed by atoms with Crippen LogP contribution in [0, 0.1) is 6.92 Å². The van der Waals surface area contributed by atoms with Crippen LogP contribution in [-0.2, 0) is 4.74 Å². The number of ether oxygens (including phenoxy) is 1. The van der Waals surface area contributed by atoms with Gasteiger partial charge in [0.25, 0.3) is 0 Å². The van der Waals surface area contributed by atoms with Crippen molar-refractivity contribution < 1.29 is 4.74 Å². The van der Waals surface area contributed by atoms with Crippen LogP contribution in [0.4, 0.5) is 0 Å². The highest BCUT2D eigenvalue weighted by molar-refractivity contribution is 7.98. The van der Waals surface area contributed by atoms with Crippen molar-refractivity contribution in [1.82, 2.24) is 15.5 Å². The largest absolute Gasteiger partial charge is 0.379 e. The van der Waals surface area contributed by atoms with E-state index in [1.165, 1.54) is 15.5 Å². The molecule has 25 heavy (non-hydrogen) atoms. The summed E-state index contributed by atoms with van der Waals surface area (Å²) in [5.41, 5.74) is 0. The third-order valence-corrected chi connectivity index (χ3v) is 5.96. The van der Waals surface area contributed by atoms with Crippen LogP contribution >= 0.6 is 23.1 Å². The summed E-state index contributed by atoms with van der Waals surface area (Å²) in [5.74, 6) is 2.10. The molecular formula is C18H32N4OS2. The van der Waals surface area contributed by atoms with Gasteiger partial charge in [-0.15, -0.1) is 11.3 Å². The average Bonchev–Trinajstić information content (AvgIpc) is 3.06. The van der Waals surface area contributed by atoms with E-state index in [0.717, 1.165) is 58.3 Å². The Morgan fingerprint density at radius 3 is 2.80 bits per heavy atom. The van der Waals surface area contributed by atoms with Crippen molar-refractivity contribution in [3.05, 3.63) is 21.9 Å². The average molecular weight is 385 g/mol. The topological polar surface area (TPSA) is 48.9 Å². The van der Waals surface area contributed by atoms with Crippen LogP contribution in [0.25, 0.3) is 0 Å². The molecule has 1 aromatic rings. The van der Waals surface area contributed by atoms with Crippen LogP contribution in [0.5, 0.6) is 0 Å². The van der Waals surface area contributed by atoms with E-state index in [0.29, 0.717) is 6.04 Å². The van der Waals surface area contributed by atoms with Gasteiger partial charge in [-0.25, -0.2) is 0 Å². The first-order chi connectivity index (χ1) is 12.2. The molecule has 0 saturated carbocycles. The van der Waals surface area contributed by atoms with Crippen molar-refractivity contribution in [3.63, 3.8) is 0 Å². The van der Waals surface area contributed by atoms with Crippen LogP contribution in [0.2, 0.25) is 0 Å². The molecule has 0 aliphatic carbocycles. The number of thiophene rings is 1. The van der Waals surface area contributed by atoms with Crippen molar-refractivity contribution in [1.29, 1.82) is 0 Å². The molecule has 1 saturated heterocycles. The maximum atomic E-state index is 5.53. The Morgan fingerprint density at radius 2 is 2.16 bits per heavy atom. The molecule has 1 fully saturated rings. The summed E-state index contributed by atoms with van der Waals surface area (Å²) in [6.07, 6.45) is 3.30. The third kappa shape index (κ3) is 7.17. The molecule has 0 amide bonds. The molecule has 142 valence electrons. The summed E-state index contributed by atoms with van der Waals surface area (Å²) in [5, 5.41) is 6.82. The molecule has 2 N–H and O–H groups in total. The first-order valence-corrected chi connectivity index (χ1v) is 11.3. The molecule has 0 radical (unpaired) electrons. The van der Waals surface area contributed by atoms with Gasteiger partial charge in [0.15, 0.2) is 5.96 Å². The zero-order chi connectivity index (χ0) is 17.9. The lowest BCUT2D eigenvalue weighted by atomic mass is 10.2. The Balaban J connectivity index is 2.02. The summed E-state index contributed by atoms with van der Waals surface area (Å²) in [6.45, 7) is 10.5. The number of thioether (sulfide) groups is 1. The van der Waals surface area contributed by atoms with Crippen LogP contribution in [0.1, 0.15) is 29.1 Å². The van der Waals surface area contributed by atoms with Crippen LogP contribution in [-0.4, -0.2) is 68.8 Å². The second kappa shape index (κ2) is 11.8. The van der Waals surface area contributed by atoms with Gasteiger partial charge in [-0.05, 0) is 44.4 Å². The Bertz CT molecular complexity index is 515. The highest BCUT2D eigenvalue weighted by Crippen LogP contribution is 2.28. The zero-order valence-electron chi connectivity index (χ0n) is 15.7. The Hall–Kier alpha value is -0.760. The van der Waals surface area contributed by atoms with Gasteiger partial charge in [0.2, 0.25) is 0 Å². The molecule has 0 spiro atoms. The molecule has 1 aliphatic heterocycles. The lowest BCUT2D eigenvalue weighted by Gasteiger charge is -2.33. The fourth-order valence-electron chi connectivity index (χ4n) is 2.85. The van der Waals surface area contributed by atoms with E-state index in [1.807, 2.05) is 23.1 Å². The van der Waals surface area contributed by atoms with Crippen molar-refractivity contribution in [2.24, 2.45) is 4.99 Å². The van der Waals surface area contributed by atoms with E-state index in [-0.39, 0.29) is 0 Å². The van der Waals surface area contributed by atoms with Crippen molar-refractivity contribution in [3.8, 4) is 0 Å². The summed E-state index contributed by atoms with van der Waals surface area (Å²) in [6, 6.07) is 4.81. The van der Waals surface area contributed by atoms with Gasteiger partial charge in [0.05, 0.1) is 25.8 Å². The number of rotatable bonds is 9. The van der Waals surface area contributed by atoms with E-state index in [1.54, 1.807) is 0 Å². The van der Waals surface area contributed by atoms with Gasteiger partial charge in [0, 0.05) is 35.9 Å². The third-order valence-electron chi connectivity index (χ3n) is 4.16. The zero-order valence-corrected chi connectivity index (χ0v) is 17.3. The molecule has 1 aliphatic rings. The number of aryl methyl sites for hydroxylation is 1. The predicted molar refractivity (Wildman–Crippen MR) is 111 cm³/mol. The fraction of sp³-hybridized carbons (Fsp3) is 0.722. The highest BCUT2D eigenvalue weighted by atomic mass is 32.2. The van der Waals surface area contributed by atoms with Crippen molar-refractivity contribution in [2.45, 2.75) is 26.3 Å². The molecular weight excluding hydrogens is 352 g/mol. The summed E-state index contributed by atoms with van der Waals surface area (Å²) in [4.78, 5) is 10.2. The van der Waals surface area contributed by atoms with Gasteiger partial charge in [0.1, 0.15) is 0 Å². The first-order valence-electron chi connectivity index (χ1n) is 9.13. The summed E-state index contributed by atoms with van der Waals surface area (Å²) in [7, 11) is 0. The number of guanidine groups is 1. The monoisotopic (exact) mass is 384 g/mol. The number of nitrogens with one attached hydrogen (secondary N) is 2. The molecule has 2 rings (SSSR count). The lowest BCUT2D eigenvalue weighted by molar-refractivity contribution is 0.0186. The van der Waals surface area contributed by atoms with Gasteiger partial charge in [-0.3, -0.25) is 9.89 Å². The van der Waals surface area contributed by atoms with E-state index in [4.69, 9.17) is 9.73 Å².